The number of piperidine rings is 1. The predicted octanol–water partition coefficient (Wildman–Crippen LogP) is 4.26. The molecule has 1 atom stereocenters. The molecule has 0 aliphatic carbocycles. The van der Waals surface area contributed by atoms with Gasteiger partial charge in [-0.1, -0.05) is 30.3 Å². The van der Waals surface area contributed by atoms with Gasteiger partial charge in [0.1, 0.15) is 5.82 Å². The first-order chi connectivity index (χ1) is 16.0. The van der Waals surface area contributed by atoms with Crippen LogP contribution in [0.2, 0.25) is 0 Å². The van der Waals surface area contributed by atoms with Crippen LogP contribution in [0.25, 0.3) is 10.9 Å². The summed E-state index contributed by atoms with van der Waals surface area (Å²) in [5.74, 6) is -0.721. The highest BCUT2D eigenvalue weighted by Crippen LogP contribution is 2.36. The molecule has 1 unspecified atom stereocenters. The fourth-order valence-electron chi connectivity index (χ4n) is 4.72. The highest BCUT2D eigenvalue weighted by Gasteiger charge is 2.32. The summed E-state index contributed by atoms with van der Waals surface area (Å²) >= 11 is 0. The first-order valence-electron chi connectivity index (χ1n) is 11.3. The normalized spacial score (nSPS) is 15.4. The average molecular weight is 451 g/mol. The number of carbonyl (C=O) groups excluding carboxylic acids is 2. The van der Waals surface area contributed by atoms with Crippen molar-refractivity contribution in [2.45, 2.75) is 32.1 Å². The molecular formula is C26H27FN2O4. The van der Waals surface area contributed by atoms with Gasteiger partial charge < -0.3 is 14.6 Å². The molecule has 3 aromatic rings. The van der Waals surface area contributed by atoms with Crippen LogP contribution in [-0.4, -0.2) is 41.5 Å². The standard InChI is InChI=1S/C26H27FN2O4/c1-2-33-25(31)16-21(17-7-9-19(27)10-8-17)18-11-13-29(14-12-18)26(32)22-15-24(30)28-23-6-4-3-5-20(22)23/h3-10,15,18,21H,2,11-14,16H2,1H3,(H,28,30). The van der Waals surface area contributed by atoms with Crippen molar-refractivity contribution in [3.8, 4) is 0 Å². The maximum atomic E-state index is 13.5. The number of likely N-dealkylation sites (tertiary alicyclic amines) is 1. The number of fused-ring (bicyclic) bond motifs is 1. The Hall–Kier alpha value is -3.48. The maximum Gasteiger partial charge on any atom is 0.306 e. The van der Waals surface area contributed by atoms with E-state index >= 15 is 0 Å². The van der Waals surface area contributed by atoms with E-state index in [2.05, 4.69) is 4.98 Å². The van der Waals surface area contributed by atoms with Gasteiger partial charge in [0.2, 0.25) is 5.56 Å². The third-order valence-electron chi connectivity index (χ3n) is 6.37. The molecule has 172 valence electrons. The molecule has 0 bridgehead atoms. The van der Waals surface area contributed by atoms with Crippen LogP contribution < -0.4 is 5.56 Å². The van der Waals surface area contributed by atoms with Crippen LogP contribution in [0.15, 0.2) is 59.4 Å². The molecule has 7 heteroatoms. The van der Waals surface area contributed by atoms with Crippen molar-refractivity contribution in [1.29, 1.82) is 0 Å². The summed E-state index contributed by atoms with van der Waals surface area (Å²) in [6.45, 7) is 3.12. The van der Waals surface area contributed by atoms with Crippen molar-refractivity contribution >= 4 is 22.8 Å². The summed E-state index contributed by atoms with van der Waals surface area (Å²) in [5, 5.41) is 0.718. The van der Waals surface area contributed by atoms with E-state index in [0.717, 1.165) is 10.9 Å². The van der Waals surface area contributed by atoms with E-state index in [4.69, 9.17) is 4.74 Å². The molecule has 4 rings (SSSR count). The van der Waals surface area contributed by atoms with Gasteiger partial charge in [0, 0.05) is 30.1 Å². The number of carbonyl (C=O) groups is 2. The Labute approximate surface area is 191 Å². The number of amides is 1. The van der Waals surface area contributed by atoms with Crippen LogP contribution in [0.4, 0.5) is 4.39 Å². The maximum absolute atomic E-state index is 13.5. The van der Waals surface area contributed by atoms with Crippen molar-refractivity contribution in [3.63, 3.8) is 0 Å². The molecule has 1 aliphatic heterocycles. The molecule has 1 aromatic heterocycles. The number of nitrogens with zero attached hydrogens (tertiary/aromatic N) is 1. The number of aromatic amines is 1. The van der Waals surface area contributed by atoms with Crippen molar-refractivity contribution in [2.24, 2.45) is 5.92 Å². The Morgan fingerprint density at radius 1 is 1.12 bits per heavy atom. The summed E-state index contributed by atoms with van der Waals surface area (Å²) in [4.78, 5) is 42.1. The van der Waals surface area contributed by atoms with Crippen molar-refractivity contribution in [1.82, 2.24) is 9.88 Å². The van der Waals surface area contributed by atoms with Gasteiger partial charge in [-0.3, -0.25) is 14.4 Å². The predicted molar refractivity (Wildman–Crippen MR) is 124 cm³/mol. The summed E-state index contributed by atoms with van der Waals surface area (Å²) in [7, 11) is 0. The van der Waals surface area contributed by atoms with Crippen molar-refractivity contribution < 1.29 is 18.7 Å². The minimum atomic E-state index is -0.320. The van der Waals surface area contributed by atoms with Crippen molar-refractivity contribution in [2.75, 3.05) is 19.7 Å². The number of nitrogens with one attached hydrogen (secondary N) is 1. The van der Waals surface area contributed by atoms with Crippen molar-refractivity contribution in [3.05, 3.63) is 81.9 Å². The second kappa shape index (κ2) is 9.98. The zero-order valence-electron chi connectivity index (χ0n) is 18.6. The third kappa shape index (κ3) is 5.13. The van der Waals surface area contributed by atoms with Gasteiger partial charge in [0.05, 0.1) is 18.6 Å². The number of benzene rings is 2. The molecule has 1 amide bonds. The van der Waals surface area contributed by atoms with E-state index in [1.54, 1.807) is 30.0 Å². The van der Waals surface area contributed by atoms with Crippen LogP contribution >= 0.6 is 0 Å². The number of para-hydroxylation sites is 1. The van der Waals surface area contributed by atoms with E-state index in [0.29, 0.717) is 43.6 Å². The first-order valence-corrected chi connectivity index (χ1v) is 11.3. The molecule has 2 heterocycles. The third-order valence-corrected chi connectivity index (χ3v) is 6.37. The number of hydrogen-bond acceptors (Lipinski definition) is 4. The van der Waals surface area contributed by atoms with Crippen LogP contribution in [0, 0.1) is 11.7 Å². The molecule has 6 nitrogen and oxygen atoms in total. The van der Waals surface area contributed by atoms with E-state index < -0.39 is 0 Å². The minimum Gasteiger partial charge on any atom is -0.466 e. The van der Waals surface area contributed by atoms with Crippen LogP contribution in [-0.2, 0) is 9.53 Å². The molecule has 0 saturated carbocycles. The Morgan fingerprint density at radius 3 is 2.52 bits per heavy atom. The smallest absolute Gasteiger partial charge is 0.306 e. The lowest BCUT2D eigenvalue weighted by Gasteiger charge is -2.36. The number of halogens is 1. The Bertz CT molecular complexity index is 1200. The number of aromatic nitrogens is 1. The average Bonchev–Trinajstić information content (AvgIpc) is 2.82. The van der Waals surface area contributed by atoms with E-state index in [1.807, 2.05) is 18.2 Å². The molecule has 0 spiro atoms. The number of pyridine rings is 1. The van der Waals surface area contributed by atoms with E-state index in [-0.39, 0.29) is 41.5 Å². The number of hydrogen-bond donors (Lipinski definition) is 1. The SMILES string of the molecule is CCOC(=O)CC(c1ccc(F)cc1)C1CCN(C(=O)c2cc(=O)[nH]c3ccccc23)CC1. The summed E-state index contributed by atoms with van der Waals surface area (Å²) in [5.41, 5.74) is 1.62. The van der Waals surface area contributed by atoms with Gasteiger partial charge in [0.15, 0.2) is 0 Å². The van der Waals surface area contributed by atoms with Gasteiger partial charge in [-0.15, -0.1) is 0 Å². The minimum absolute atomic E-state index is 0.109. The quantitative estimate of drug-likeness (QED) is 0.569. The van der Waals surface area contributed by atoms with E-state index in [9.17, 15) is 18.8 Å². The van der Waals surface area contributed by atoms with Gasteiger partial charge in [-0.25, -0.2) is 4.39 Å². The van der Waals surface area contributed by atoms with Crippen LogP contribution in [0.3, 0.4) is 0 Å². The fourth-order valence-corrected chi connectivity index (χ4v) is 4.72. The molecule has 33 heavy (non-hydrogen) atoms. The largest absolute Gasteiger partial charge is 0.466 e. The van der Waals surface area contributed by atoms with Gasteiger partial charge in [0.25, 0.3) is 5.91 Å². The van der Waals surface area contributed by atoms with Crippen LogP contribution in [0.1, 0.15) is 48.0 Å². The molecule has 1 fully saturated rings. The molecule has 1 N–H and O–H groups in total. The lowest BCUT2D eigenvalue weighted by molar-refractivity contribution is -0.144. The summed E-state index contributed by atoms with van der Waals surface area (Å²) in [6.07, 6.45) is 1.62. The van der Waals surface area contributed by atoms with Crippen LogP contribution in [0.5, 0.6) is 0 Å². The van der Waals surface area contributed by atoms with Gasteiger partial charge in [-0.05, 0) is 55.4 Å². The van der Waals surface area contributed by atoms with E-state index in [1.165, 1.54) is 18.2 Å². The highest BCUT2D eigenvalue weighted by atomic mass is 19.1. The fraction of sp³-hybridized carbons (Fsp3) is 0.346. The van der Waals surface area contributed by atoms with Gasteiger partial charge in [-0.2, -0.15) is 0 Å². The number of esters is 1. The number of ether oxygens (including phenoxy) is 1. The summed E-state index contributed by atoms with van der Waals surface area (Å²) in [6, 6.07) is 14.9. The molecule has 1 aliphatic rings. The lowest BCUT2D eigenvalue weighted by Crippen LogP contribution is -2.40. The molecule has 2 aromatic carbocycles. The summed E-state index contributed by atoms with van der Waals surface area (Å²) < 4.78 is 18.6. The number of rotatable bonds is 6. The zero-order valence-corrected chi connectivity index (χ0v) is 18.6. The highest BCUT2D eigenvalue weighted by molar-refractivity contribution is 6.05. The Balaban J connectivity index is 1.51. The first kappa shape index (κ1) is 22.7. The molecule has 0 radical (unpaired) electrons. The molecular weight excluding hydrogens is 423 g/mol. The van der Waals surface area contributed by atoms with Gasteiger partial charge >= 0.3 is 5.97 Å². The topological polar surface area (TPSA) is 79.5 Å². The monoisotopic (exact) mass is 450 g/mol. The second-order valence-electron chi connectivity index (χ2n) is 8.39. The number of H-pyrrole nitrogens is 1. The molecule has 1 saturated heterocycles. The lowest BCUT2D eigenvalue weighted by atomic mass is 9.78. The Kier molecular flexibility index (Phi) is 6.87. The Morgan fingerprint density at radius 2 is 1.82 bits per heavy atom. The zero-order chi connectivity index (χ0) is 23.4. The second-order valence-corrected chi connectivity index (χ2v) is 8.39.